The number of nitrogens with zero attached hydrogens (tertiary/aromatic N) is 3. The number of halogens is 1. The van der Waals surface area contributed by atoms with Crippen molar-refractivity contribution in [2.45, 2.75) is 11.3 Å². The van der Waals surface area contributed by atoms with Crippen LogP contribution in [0.5, 0.6) is 5.75 Å². The van der Waals surface area contributed by atoms with E-state index >= 15 is 0 Å². The molecule has 1 amide bonds. The fraction of sp³-hybridized carbons (Fsp3) is 0.391. The lowest BCUT2D eigenvalue weighted by Crippen LogP contribution is -2.48. The standard InChI is InChI=1S/C23H25ClN4O4S2/c1-32-17-4-2-3-16(12-17)27-7-9-28(10-8-27)22(29)15-5-6-18(24)19(11-15)25-23-26-20-13-34(30,31)14-21(20)33-23/h2-6,11-12,20-21H,7-10,13-14H2,1H3,(H,25,26)/t20-,21+/m0/s1. The number of methoxy groups -OCH3 is 1. The molecular weight excluding hydrogens is 496 g/mol. The van der Waals surface area contributed by atoms with Gasteiger partial charge in [-0.3, -0.25) is 9.79 Å². The van der Waals surface area contributed by atoms with Crippen LogP contribution in [-0.2, 0) is 9.84 Å². The Morgan fingerprint density at radius 3 is 2.68 bits per heavy atom. The van der Waals surface area contributed by atoms with E-state index in [0.717, 1.165) is 24.5 Å². The molecule has 2 aromatic rings. The molecule has 0 bridgehead atoms. The van der Waals surface area contributed by atoms with E-state index in [1.54, 1.807) is 25.3 Å². The summed E-state index contributed by atoms with van der Waals surface area (Å²) in [6.07, 6.45) is 0. The quantitative estimate of drug-likeness (QED) is 0.662. The van der Waals surface area contributed by atoms with Gasteiger partial charge < -0.3 is 19.9 Å². The van der Waals surface area contributed by atoms with Gasteiger partial charge >= 0.3 is 0 Å². The van der Waals surface area contributed by atoms with Crippen molar-refractivity contribution in [2.75, 3.05) is 55.0 Å². The van der Waals surface area contributed by atoms with Crippen LogP contribution in [0.25, 0.3) is 0 Å². The molecule has 2 atom stereocenters. The normalized spacial score (nSPS) is 23.4. The topological polar surface area (TPSA) is 91.3 Å². The Labute approximate surface area is 208 Å². The summed E-state index contributed by atoms with van der Waals surface area (Å²) in [4.78, 5) is 21.8. The molecule has 11 heteroatoms. The number of hydrogen-bond acceptors (Lipinski definition) is 8. The molecule has 3 aliphatic rings. The van der Waals surface area contributed by atoms with Crippen molar-refractivity contribution in [3.63, 3.8) is 0 Å². The van der Waals surface area contributed by atoms with Crippen LogP contribution in [0.4, 0.5) is 11.4 Å². The minimum atomic E-state index is -3.01. The van der Waals surface area contributed by atoms with Gasteiger partial charge in [0.15, 0.2) is 15.0 Å². The second-order valence-corrected chi connectivity index (χ2v) is 12.3. The number of ether oxygens (including phenoxy) is 1. The van der Waals surface area contributed by atoms with Crippen LogP contribution in [0.1, 0.15) is 10.4 Å². The Balaban J connectivity index is 1.23. The SMILES string of the molecule is COc1cccc(N2CCN(C(=O)c3ccc(Cl)c(NC4=N[C@H]5CS(=O)(=O)C[C@H]5S4)c3)CC2)c1. The van der Waals surface area contributed by atoms with Gasteiger partial charge in [0.05, 0.1) is 35.4 Å². The van der Waals surface area contributed by atoms with E-state index in [-0.39, 0.29) is 28.7 Å². The Kier molecular flexibility index (Phi) is 6.39. The number of benzene rings is 2. The van der Waals surface area contributed by atoms with Crippen molar-refractivity contribution in [2.24, 2.45) is 4.99 Å². The number of piperazine rings is 1. The third-order valence-electron chi connectivity index (χ3n) is 6.26. The number of amidine groups is 1. The molecule has 2 fully saturated rings. The molecule has 34 heavy (non-hydrogen) atoms. The highest BCUT2D eigenvalue weighted by Gasteiger charge is 2.42. The van der Waals surface area contributed by atoms with Crippen LogP contribution in [0, 0.1) is 0 Å². The molecule has 3 aliphatic heterocycles. The van der Waals surface area contributed by atoms with E-state index in [2.05, 4.69) is 15.2 Å². The maximum absolute atomic E-state index is 13.2. The zero-order chi connectivity index (χ0) is 23.9. The van der Waals surface area contributed by atoms with Crippen molar-refractivity contribution in [3.05, 3.63) is 53.1 Å². The van der Waals surface area contributed by atoms with Gasteiger partial charge in [0.1, 0.15) is 5.75 Å². The van der Waals surface area contributed by atoms with E-state index in [9.17, 15) is 13.2 Å². The van der Waals surface area contributed by atoms with Crippen molar-refractivity contribution in [1.82, 2.24) is 4.90 Å². The van der Waals surface area contributed by atoms with Crippen LogP contribution in [0.2, 0.25) is 5.02 Å². The molecule has 0 aliphatic carbocycles. The monoisotopic (exact) mass is 520 g/mol. The van der Waals surface area contributed by atoms with E-state index < -0.39 is 9.84 Å². The molecule has 5 rings (SSSR count). The molecule has 0 aromatic heterocycles. The number of carbonyl (C=O) groups is 1. The first-order valence-corrected chi connectivity index (χ1v) is 14.1. The number of nitrogens with one attached hydrogen (secondary N) is 1. The average molecular weight is 521 g/mol. The van der Waals surface area contributed by atoms with Crippen molar-refractivity contribution in [3.8, 4) is 5.75 Å². The number of amides is 1. The number of rotatable bonds is 4. The molecule has 1 N–H and O–H groups in total. The lowest BCUT2D eigenvalue weighted by Gasteiger charge is -2.36. The van der Waals surface area contributed by atoms with Gasteiger partial charge in [0, 0.05) is 48.7 Å². The number of carbonyl (C=O) groups excluding carboxylic acids is 1. The predicted octanol–water partition coefficient (Wildman–Crippen LogP) is 2.99. The summed E-state index contributed by atoms with van der Waals surface area (Å²) in [5.74, 6) is 0.996. The first kappa shape index (κ1) is 23.3. The van der Waals surface area contributed by atoms with Gasteiger partial charge in [-0.2, -0.15) is 0 Å². The summed E-state index contributed by atoms with van der Waals surface area (Å²) in [7, 11) is -1.36. The van der Waals surface area contributed by atoms with E-state index in [0.29, 0.717) is 34.5 Å². The zero-order valence-electron chi connectivity index (χ0n) is 18.6. The van der Waals surface area contributed by atoms with Crippen molar-refractivity contribution < 1.29 is 17.9 Å². The second-order valence-electron chi connectivity index (χ2n) is 8.54. The van der Waals surface area contributed by atoms with Gasteiger partial charge in [-0.15, -0.1) is 0 Å². The third-order valence-corrected chi connectivity index (χ3v) is 9.73. The minimum Gasteiger partial charge on any atom is -0.497 e. The average Bonchev–Trinajstić information content (AvgIpc) is 3.32. The lowest BCUT2D eigenvalue weighted by molar-refractivity contribution is 0.0747. The maximum Gasteiger partial charge on any atom is 0.254 e. The van der Waals surface area contributed by atoms with E-state index in [1.807, 2.05) is 29.2 Å². The number of sulfone groups is 1. The molecule has 0 unspecified atom stereocenters. The molecule has 0 saturated carbocycles. The largest absolute Gasteiger partial charge is 0.497 e. The Morgan fingerprint density at radius 2 is 1.94 bits per heavy atom. The van der Waals surface area contributed by atoms with Crippen LogP contribution in [0.3, 0.4) is 0 Å². The molecule has 2 aromatic carbocycles. The van der Waals surface area contributed by atoms with Crippen LogP contribution >= 0.6 is 23.4 Å². The van der Waals surface area contributed by atoms with Crippen LogP contribution < -0.4 is 15.0 Å². The van der Waals surface area contributed by atoms with Gasteiger partial charge in [-0.1, -0.05) is 29.4 Å². The summed E-state index contributed by atoms with van der Waals surface area (Å²) < 4.78 is 28.9. The van der Waals surface area contributed by atoms with Gasteiger partial charge in [-0.25, -0.2) is 8.42 Å². The Morgan fingerprint density at radius 1 is 1.15 bits per heavy atom. The predicted molar refractivity (Wildman–Crippen MR) is 137 cm³/mol. The van der Waals surface area contributed by atoms with Gasteiger partial charge in [0.25, 0.3) is 5.91 Å². The third kappa shape index (κ3) is 4.85. The van der Waals surface area contributed by atoms with Gasteiger partial charge in [0.2, 0.25) is 0 Å². The minimum absolute atomic E-state index is 0.0472. The highest BCUT2D eigenvalue weighted by molar-refractivity contribution is 8.15. The zero-order valence-corrected chi connectivity index (χ0v) is 21.0. The summed E-state index contributed by atoms with van der Waals surface area (Å²) in [6, 6.07) is 12.9. The highest BCUT2D eigenvalue weighted by Crippen LogP contribution is 2.36. The van der Waals surface area contributed by atoms with Crippen molar-refractivity contribution in [1.29, 1.82) is 0 Å². The molecular formula is C23H25ClN4O4S2. The fourth-order valence-electron chi connectivity index (χ4n) is 4.44. The number of anilines is 2. The summed E-state index contributed by atoms with van der Waals surface area (Å²) in [5.41, 5.74) is 2.22. The molecule has 3 heterocycles. The highest BCUT2D eigenvalue weighted by atomic mass is 35.5. The molecule has 0 radical (unpaired) electrons. The first-order chi connectivity index (χ1) is 16.3. The Bertz CT molecular complexity index is 1250. The summed E-state index contributed by atoms with van der Waals surface area (Å²) in [5, 5.41) is 4.26. The van der Waals surface area contributed by atoms with Gasteiger partial charge in [-0.05, 0) is 30.3 Å². The van der Waals surface area contributed by atoms with Crippen molar-refractivity contribution >= 4 is 55.6 Å². The fourth-order valence-corrected chi connectivity index (χ4v) is 8.28. The molecule has 8 nitrogen and oxygen atoms in total. The lowest BCUT2D eigenvalue weighted by atomic mass is 10.1. The molecule has 0 spiro atoms. The summed E-state index contributed by atoms with van der Waals surface area (Å²) in [6.45, 7) is 2.69. The first-order valence-electron chi connectivity index (χ1n) is 11.0. The summed E-state index contributed by atoms with van der Waals surface area (Å²) >= 11 is 7.80. The molecule has 2 saturated heterocycles. The smallest absolute Gasteiger partial charge is 0.254 e. The number of fused-ring (bicyclic) bond motifs is 1. The number of aliphatic imine (C=N–C) groups is 1. The van der Waals surface area contributed by atoms with Crippen LogP contribution in [0.15, 0.2) is 47.5 Å². The maximum atomic E-state index is 13.2. The Hall–Kier alpha value is -2.43. The van der Waals surface area contributed by atoms with E-state index in [4.69, 9.17) is 16.3 Å². The molecule has 180 valence electrons. The number of hydrogen-bond donors (Lipinski definition) is 1. The van der Waals surface area contributed by atoms with Crippen LogP contribution in [-0.4, -0.2) is 80.5 Å². The second kappa shape index (κ2) is 9.31. The number of thioether (sulfide) groups is 1. The van der Waals surface area contributed by atoms with E-state index in [1.165, 1.54) is 11.8 Å².